The van der Waals surface area contributed by atoms with Gasteiger partial charge in [-0.05, 0) is 45.8 Å². The van der Waals surface area contributed by atoms with E-state index in [1.807, 2.05) is 36.7 Å². The van der Waals surface area contributed by atoms with E-state index in [1.54, 1.807) is 4.90 Å². The van der Waals surface area contributed by atoms with Gasteiger partial charge in [-0.15, -0.1) is 0 Å². The molecule has 2 aliphatic heterocycles. The molecule has 0 aromatic heterocycles. The van der Waals surface area contributed by atoms with Crippen LogP contribution in [0.15, 0.2) is 71.1 Å². The number of carbonyl (C=O) groups excluding carboxylic acids is 1. The van der Waals surface area contributed by atoms with E-state index in [0.29, 0.717) is 10.0 Å². The van der Waals surface area contributed by atoms with Crippen molar-refractivity contribution in [2.45, 2.75) is 13.0 Å². The number of carbonyl (C=O) groups is 1. The minimum absolute atomic E-state index is 0.185. The Kier molecular flexibility index (Phi) is 3.73. The third-order valence-electron chi connectivity index (χ3n) is 4.23. The Morgan fingerprint density at radius 2 is 2.00 bits per heavy atom. The molecule has 0 saturated heterocycles. The maximum Gasteiger partial charge on any atom is 0.263 e. The van der Waals surface area contributed by atoms with E-state index >= 15 is 0 Å². The monoisotopic (exact) mass is 384 g/mol. The Labute approximate surface area is 147 Å². The molecule has 0 aliphatic carbocycles. The molecule has 0 N–H and O–H groups in total. The smallest absolute Gasteiger partial charge is 0.263 e. The van der Waals surface area contributed by atoms with Gasteiger partial charge in [0.05, 0.1) is 11.3 Å². The second-order valence-electron chi connectivity index (χ2n) is 5.77. The first-order valence-electron chi connectivity index (χ1n) is 7.64. The van der Waals surface area contributed by atoms with Gasteiger partial charge in [-0.2, -0.15) is 0 Å². The third kappa shape index (κ3) is 2.55. The van der Waals surface area contributed by atoms with Crippen molar-refractivity contribution in [1.82, 2.24) is 4.90 Å². The molecule has 1 amide bonds. The molecule has 2 heterocycles. The lowest BCUT2D eigenvalue weighted by Crippen LogP contribution is -2.26. The van der Waals surface area contributed by atoms with Crippen LogP contribution in [0, 0.1) is 5.82 Å². The number of halogens is 2. The fraction of sp³-hybridized carbons (Fsp3) is 0.105. The van der Waals surface area contributed by atoms with E-state index in [2.05, 4.69) is 26.9 Å². The Balaban J connectivity index is 1.83. The molecule has 0 fully saturated rings. The SMILES string of the molecule is O=C(c1ccc(F)cc1Br)N1C=C2CC=CN2Cc2ccccc21. The summed E-state index contributed by atoms with van der Waals surface area (Å²) in [7, 11) is 0. The summed E-state index contributed by atoms with van der Waals surface area (Å²) in [6.45, 7) is 0.729. The predicted octanol–water partition coefficient (Wildman–Crippen LogP) is 4.81. The minimum atomic E-state index is -0.376. The first kappa shape index (κ1) is 15.1. The summed E-state index contributed by atoms with van der Waals surface area (Å²) in [5.74, 6) is -0.560. The van der Waals surface area contributed by atoms with Gasteiger partial charge >= 0.3 is 0 Å². The summed E-state index contributed by atoms with van der Waals surface area (Å²) in [6.07, 6.45) is 6.80. The zero-order chi connectivity index (χ0) is 16.7. The minimum Gasteiger partial charge on any atom is -0.346 e. The Hall–Kier alpha value is -2.40. The molecule has 0 unspecified atom stereocenters. The van der Waals surface area contributed by atoms with Gasteiger partial charge in [-0.1, -0.05) is 24.3 Å². The second kappa shape index (κ2) is 5.91. The number of anilines is 1. The van der Waals surface area contributed by atoms with Gasteiger partial charge in [0.25, 0.3) is 5.91 Å². The van der Waals surface area contributed by atoms with Gasteiger partial charge < -0.3 is 4.90 Å². The number of rotatable bonds is 1. The van der Waals surface area contributed by atoms with Crippen LogP contribution in [0.4, 0.5) is 10.1 Å². The largest absolute Gasteiger partial charge is 0.346 e. The van der Waals surface area contributed by atoms with Crippen LogP contribution >= 0.6 is 15.9 Å². The number of hydrogen-bond acceptors (Lipinski definition) is 2. The average molecular weight is 385 g/mol. The summed E-state index contributed by atoms with van der Waals surface area (Å²) >= 11 is 3.30. The van der Waals surface area contributed by atoms with Gasteiger partial charge in [0.2, 0.25) is 0 Å². The van der Waals surface area contributed by atoms with E-state index in [0.717, 1.165) is 29.9 Å². The molecule has 5 heteroatoms. The highest BCUT2D eigenvalue weighted by atomic mass is 79.9. The molecule has 0 saturated carbocycles. The Morgan fingerprint density at radius 3 is 2.83 bits per heavy atom. The molecule has 120 valence electrons. The van der Waals surface area contributed by atoms with Crippen molar-refractivity contribution in [2.75, 3.05) is 4.90 Å². The number of fused-ring (bicyclic) bond motifs is 2. The number of allylic oxidation sites excluding steroid dienone is 1. The molecule has 4 rings (SSSR count). The lowest BCUT2D eigenvalue weighted by Gasteiger charge is -2.20. The number of hydrogen-bond donors (Lipinski definition) is 0. The van der Waals surface area contributed by atoms with Crippen molar-refractivity contribution >= 4 is 27.5 Å². The summed E-state index contributed by atoms with van der Waals surface area (Å²) in [5, 5.41) is 0. The van der Waals surface area contributed by atoms with Crippen molar-refractivity contribution in [3.8, 4) is 0 Å². The molecular weight excluding hydrogens is 371 g/mol. The van der Waals surface area contributed by atoms with Crippen molar-refractivity contribution in [2.24, 2.45) is 0 Å². The van der Waals surface area contributed by atoms with E-state index < -0.39 is 0 Å². The topological polar surface area (TPSA) is 23.6 Å². The summed E-state index contributed by atoms with van der Waals surface area (Å²) in [6, 6.07) is 12.0. The molecule has 0 bridgehead atoms. The number of benzene rings is 2. The molecule has 0 radical (unpaired) electrons. The second-order valence-corrected chi connectivity index (χ2v) is 6.62. The maximum absolute atomic E-state index is 13.4. The van der Waals surface area contributed by atoms with Crippen molar-refractivity contribution in [1.29, 1.82) is 0 Å². The highest BCUT2D eigenvalue weighted by Gasteiger charge is 2.26. The van der Waals surface area contributed by atoms with Crippen LogP contribution in [-0.4, -0.2) is 10.8 Å². The summed E-state index contributed by atoms with van der Waals surface area (Å²) in [5.41, 5.74) is 3.43. The van der Waals surface area contributed by atoms with Gasteiger partial charge in [0, 0.05) is 35.5 Å². The molecular formula is C19H14BrFN2O. The molecule has 0 atom stereocenters. The molecule has 0 spiro atoms. The first-order valence-corrected chi connectivity index (χ1v) is 8.43. The van der Waals surface area contributed by atoms with Gasteiger partial charge in [-0.3, -0.25) is 9.69 Å². The fourth-order valence-corrected chi connectivity index (χ4v) is 3.56. The van der Waals surface area contributed by atoms with Crippen LogP contribution in [0.3, 0.4) is 0 Å². The summed E-state index contributed by atoms with van der Waals surface area (Å²) < 4.78 is 13.8. The van der Waals surface area contributed by atoms with E-state index in [1.165, 1.54) is 18.2 Å². The Bertz CT molecular complexity index is 891. The van der Waals surface area contributed by atoms with Crippen LogP contribution in [0.5, 0.6) is 0 Å². The number of nitrogens with zero attached hydrogens (tertiary/aromatic N) is 2. The van der Waals surface area contributed by atoms with Gasteiger partial charge in [0.15, 0.2) is 0 Å². The number of amides is 1. The average Bonchev–Trinajstić information content (AvgIpc) is 2.93. The van der Waals surface area contributed by atoms with Crippen LogP contribution in [0.2, 0.25) is 0 Å². The van der Waals surface area contributed by atoms with Gasteiger partial charge in [-0.25, -0.2) is 4.39 Å². The zero-order valence-electron chi connectivity index (χ0n) is 12.7. The van der Waals surface area contributed by atoms with Crippen molar-refractivity contribution in [3.05, 3.63) is 88.1 Å². The van der Waals surface area contributed by atoms with E-state index in [-0.39, 0.29) is 11.7 Å². The highest BCUT2D eigenvalue weighted by Crippen LogP contribution is 2.33. The summed E-state index contributed by atoms with van der Waals surface area (Å²) in [4.78, 5) is 16.9. The van der Waals surface area contributed by atoms with Crippen LogP contribution in [-0.2, 0) is 6.54 Å². The highest BCUT2D eigenvalue weighted by molar-refractivity contribution is 9.10. The zero-order valence-corrected chi connectivity index (χ0v) is 14.3. The third-order valence-corrected chi connectivity index (χ3v) is 4.89. The lowest BCUT2D eigenvalue weighted by atomic mass is 10.1. The lowest BCUT2D eigenvalue weighted by molar-refractivity contribution is 0.0996. The maximum atomic E-state index is 13.4. The van der Waals surface area contributed by atoms with E-state index in [4.69, 9.17) is 0 Å². The molecule has 24 heavy (non-hydrogen) atoms. The number of para-hydroxylation sites is 1. The van der Waals surface area contributed by atoms with Crippen molar-refractivity contribution in [3.63, 3.8) is 0 Å². The molecule has 3 nitrogen and oxygen atoms in total. The first-order chi connectivity index (χ1) is 11.6. The fourth-order valence-electron chi connectivity index (χ4n) is 3.04. The molecule has 2 aliphatic rings. The van der Waals surface area contributed by atoms with Crippen LogP contribution in [0.25, 0.3) is 0 Å². The van der Waals surface area contributed by atoms with Gasteiger partial charge in [0.1, 0.15) is 5.82 Å². The van der Waals surface area contributed by atoms with Crippen LogP contribution < -0.4 is 4.90 Å². The predicted molar refractivity (Wildman–Crippen MR) is 94.7 cm³/mol. The quantitative estimate of drug-likeness (QED) is 0.704. The Morgan fingerprint density at radius 1 is 1.17 bits per heavy atom. The van der Waals surface area contributed by atoms with E-state index in [9.17, 15) is 9.18 Å². The standard InChI is InChI=1S/C19H14BrFN2O/c20-17-10-14(21)7-8-16(17)19(24)23-12-15-5-3-9-22(15)11-13-4-1-2-6-18(13)23/h1-4,6-10,12H,5,11H2. The van der Waals surface area contributed by atoms with Crippen molar-refractivity contribution < 1.29 is 9.18 Å². The molecule has 2 aromatic carbocycles. The normalized spacial score (nSPS) is 15.7. The molecule has 2 aromatic rings. The van der Waals surface area contributed by atoms with Crippen LogP contribution in [0.1, 0.15) is 22.3 Å².